The van der Waals surface area contributed by atoms with Crippen LogP contribution < -0.4 is 0 Å². The molecular weight excluding hydrogens is 200 g/mol. The topological polar surface area (TPSA) is 26.3 Å². The third-order valence-corrected chi connectivity index (χ3v) is 2.50. The van der Waals surface area contributed by atoms with Gasteiger partial charge in [0.25, 0.3) is 0 Å². The van der Waals surface area contributed by atoms with E-state index in [9.17, 15) is 4.79 Å². The van der Waals surface area contributed by atoms with Gasteiger partial charge in [-0.15, -0.1) is 0 Å². The summed E-state index contributed by atoms with van der Waals surface area (Å²) in [6.45, 7) is 3.63. The summed E-state index contributed by atoms with van der Waals surface area (Å²) >= 11 is 0. The van der Waals surface area contributed by atoms with E-state index >= 15 is 0 Å². The maximum atomic E-state index is 10.8. The Bertz CT molecular complexity index is 207. The van der Waals surface area contributed by atoms with E-state index in [2.05, 4.69) is 17.4 Å². The molecule has 0 unspecified atom stereocenters. The minimum absolute atomic E-state index is 0.0884. The summed E-state index contributed by atoms with van der Waals surface area (Å²) in [4.78, 5) is 10.8. The largest absolute Gasteiger partial charge is 0.469 e. The zero-order chi connectivity index (χ0) is 12.1. The monoisotopic (exact) mass is 224 g/mol. The Balaban J connectivity index is 3.07. The summed E-state index contributed by atoms with van der Waals surface area (Å²) in [7, 11) is 1.44. The van der Waals surface area contributed by atoms with E-state index < -0.39 is 0 Å². The Hall–Kier alpha value is -1.05. The Kier molecular flexibility index (Phi) is 11.2. The Morgan fingerprint density at radius 2 is 1.75 bits per heavy atom. The number of ether oxygens (including phenoxy) is 1. The summed E-state index contributed by atoms with van der Waals surface area (Å²) in [6.07, 6.45) is 14.8. The smallest absolute Gasteiger partial charge is 0.305 e. The number of esters is 1. The van der Waals surface area contributed by atoms with Crippen LogP contribution in [0.3, 0.4) is 0 Å². The molecule has 0 atom stereocenters. The fourth-order valence-corrected chi connectivity index (χ4v) is 1.53. The van der Waals surface area contributed by atoms with E-state index in [1.807, 2.05) is 12.2 Å². The lowest BCUT2D eigenvalue weighted by Gasteiger charge is -2.00. The third-order valence-electron chi connectivity index (χ3n) is 2.50. The second-order valence-electron chi connectivity index (χ2n) is 3.90. The number of hydrogen-bond acceptors (Lipinski definition) is 2. The molecule has 0 saturated carbocycles. The molecule has 92 valence electrons. The minimum atomic E-state index is -0.0884. The molecule has 0 fully saturated rings. The van der Waals surface area contributed by atoms with Crippen LogP contribution in [0.4, 0.5) is 0 Å². The predicted molar refractivity (Wildman–Crippen MR) is 68.3 cm³/mol. The lowest BCUT2D eigenvalue weighted by Crippen LogP contribution is -1.99. The van der Waals surface area contributed by atoms with Crippen molar-refractivity contribution in [2.24, 2.45) is 0 Å². The zero-order valence-corrected chi connectivity index (χ0v) is 10.4. The second kappa shape index (κ2) is 12.0. The molecule has 0 aliphatic heterocycles. The molecule has 0 N–H and O–H groups in total. The lowest BCUT2D eigenvalue weighted by molar-refractivity contribution is -0.140. The number of hydrogen-bond donors (Lipinski definition) is 0. The van der Waals surface area contributed by atoms with Gasteiger partial charge in [0.05, 0.1) is 7.11 Å². The van der Waals surface area contributed by atoms with Crippen molar-refractivity contribution in [1.82, 2.24) is 0 Å². The van der Waals surface area contributed by atoms with Crippen LogP contribution in [0.25, 0.3) is 0 Å². The van der Waals surface area contributed by atoms with E-state index in [1.54, 1.807) is 0 Å². The summed E-state index contributed by atoms with van der Waals surface area (Å²) in [6, 6.07) is 0. The molecule has 0 spiro atoms. The van der Waals surface area contributed by atoms with Gasteiger partial charge in [0, 0.05) is 6.42 Å². The summed E-state index contributed by atoms with van der Waals surface area (Å²) in [5, 5.41) is 0. The normalized spacial score (nSPS) is 10.6. The van der Waals surface area contributed by atoms with Gasteiger partial charge in [-0.1, -0.05) is 50.5 Å². The van der Waals surface area contributed by atoms with Crippen LogP contribution in [-0.2, 0) is 9.53 Å². The summed E-state index contributed by atoms with van der Waals surface area (Å²) < 4.78 is 4.58. The van der Waals surface area contributed by atoms with Crippen molar-refractivity contribution in [3.05, 3.63) is 24.8 Å². The predicted octanol–water partition coefficient (Wildman–Crippen LogP) is 4.02. The highest BCUT2D eigenvalue weighted by Crippen LogP contribution is 2.09. The van der Waals surface area contributed by atoms with Gasteiger partial charge in [0.1, 0.15) is 0 Å². The number of unbranched alkanes of at least 4 members (excludes halogenated alkanes) is 6. The van der Waals surface area contributed by atoms with Crippen LogP contribution in [-0.4, -0.2) is 13.1 Å². The third kappa shape index (κ3) is 11.0. The molecule has 0 rings (SSSR count). The van der Waals surface area contributed by atoms with Crippen LogP contribution in [0.2, 0.25) is 0 Å². The molecule has 2 nitrogen and oxygen atoms in total. The van der Waals surface area contributed by atoms with E-state index in [-0.39, 0.29) is 5.97 Å². The first-order valence-corrected chi connectivity index (χ1v) is 6.15. The molecular formula is C14H24O2. The van der Waals surface area contributed by atoms with Gasteiger partial charge >= 0.3 is 5.97 Å². The highest BCUT2D eigenvalue weighted by molar-refractivity contribution is 5.68. The van der Waals surface area contributed by atoms with Gasteiger partial charge < -0.3 is 4.74 Å². The van der Waals surface area contributed by atoms with Crippen molar-refractivity contribution in [2.75, 3.05) is 7.11 Å². The molecule has 0 aromatic rings. The van der Waals surface area contributed by atoms with Crippen LogP contribution in [0.5, 0.6) is 0 Å². The van der Waals surface area contributed by atoms with Gasteiger partial charge in [-0.2, -0.15) is 0 Å². The first-order chi connectivity index (χ1) is 7.81. The molecule has 0 heterocycles. The number of carbonyl (C=O) groups is 1. The number of rotatable bonds is 10. The molecule has 0 aliphatic rings. The fraction of sp³-hybridized carbons (Fsp3) is 0.643. The average molecular weight is 224 g/mol. The Morgan fingerprint density at radius 3 is 2.38 bits per heavy atom. The number of allylic oxidation sites excluding steroid dienone is 3. The molecule has 0 aromatic heterocycles. The van der Waals surface area contributed by atoms with Crippen LogP contribution >= 0.6 is 0 Å². The van der Waals surface area contributed by atoms with Gasteiger partial charge in [-0.3, -0.25) is 4.79 Å². The standard InChI is InChI=1S/C14H24O2/c1-3-4-5-6-7-8-9-10-11-12-13-14(15)16-2/h3-5H,1,6-13H2,2H3/b5-4+. The Labute approximate surface area is 99.4 Å². The molecule has 0 amide bonds. The highest BCUT2D eigenvalue weighted by atomic mass is 16.5. The van der Waals surface area contributed by atoms with Crippen molar-refractivity contribution in [2.45, 2.75) is 51.4 Å². The van der Waals surface area contributed by atoms with Crippen molar-refractivity contribution >= 4 is 5.97 Å². The van der Waals surface area contributed by atoms with Gasteiger partial charge in [0.2, 0.25) is 0 Å². The molecule has 0 saturated heterocycles. The molecule has 0 bridgehead atoms. The lowest BCUT2D eigenvalue weighted by atomic mass is 10.1. The zero-order valence-electron chi connectivity index (χ0n) is 10.4. The maximum Gasteiger partial charge on any atom is 0.305 e. The Morgan fingerprint density at radius 1 is 1.12 bits per heavy atom. The minimum Gasteiger partial charge on any atom is -0.469 e. The van der Waals surface area contributed by atoms with Gasteiger partial charge in [-0.25, -0.2) is 0 Å². The fourth-order valence-electron chi connectivity index (χ4n) is 1.53. The van der Waals surface area contributed by atoms with Gasteiger partial charge in [-0.05, 0) is 19.3 Å². The van der Waals surface area contributed by atoms with E-state index in [4.69, 9.17) is 0 Å². The number of methoxy groups -OCH3 is 1. The summed E-state index contributed by atoms with van der Waals surface area (Å²) in [5.74, 6) is -0.0884. The van der Waals surface area contributed by atoms with Gasteiger partial charge in [0.15, 0.2) is 0 Å². The average Bonchev–Trinajstić information content (AvgIpc) is 2.31. The maximum absolute atomic E-state index is 10.8. The molecule has 2 heteroatoms. The number of carbonyl (C=O) groups excluding carboxylic acids is 1. The molecule has 0 aromatic carbocycles. The molecule has 0 radical (unpaired) electrons. The van der Waals surface area contributed by atoms with E-state index in [1.165, 1.54) is 32.8 Å². The quantitative estimate of drug-likeness (QED) is 0.318. The second-order valence-corrected chi connectivity index (χ2v) is 3.90. The van der Waals surface area contributed by atoms with Crippen LogP contribution in [0.15, 0.2) is 24.8 Å². The first-order valence-electron chi connectivity index (χ1n) is 6.15. The van der Waals surface area contributed by atoms with Crippen molar-refractivity contribution in [3.8, 4) is 0 Å². The van der Waals surface area contributed by atoms with Crippen LogP contribution in [0, 0.1) is 0 Å². The molecule has 16 heavy (non-hydrogen) atoms. The SMILES string of the molecule is C=C/C=C/CCCCCCCCC(=O)OC. The van der Waals surface area contributed by atoms with Crippen molar-refractivity contribution in [1.29, 1.82) is 0 Å². The first kappa shape index (κ1) is 14.9. The van der Waals surface area contributed by atoms with Crippen molar-refractivity contribution in [3.63, 3.8) is 0 Å². The van der Waals surface area contributed by atoms with E-state index in [0.717, 1.165) is 19.3 Å². The molecule has 0 aliphatic carbocycles. The van der Waals surface area contributed by atoms with Crippen molar-refractivity contribution < 1.29 is 9.53 Å². The van der Waals surface area contributed by atoms with Crippen LogP contribution in [0.1, 0.15) is 51.4 Å². The summed E-state index contributed by atoms with van der Waals surface area (Å²) in [5.41, 5.74) is 0. The highest BCUT2D eigenvalue weighted by Gasteiger charge is 1.98. The van der Waals surface area contributed by atoms with E-state index in [0.29, 0.717) is 6.42 Å².